The maximum absolute atomic E-state index is 13.6. The van der Waals surface area contributed by atoms with Gasteiger partial charge in [-0.3, -0.25) is 14.3 Å². The lowest BCUT2D eigenvalue weighted by atomic mass is 9.90. The minimum atomic E-state index is -4.15. The number of nitrogens with one attached hydrogen (secondary N) is 1. The highest BCUT2D eigenvalue weighted by molar-refractivity contribution is 9.10. The van der Waals surface area contributed by atoms with E-state index in [1.54, 1.807) is 48.8 Å². The van der Waals surface area contributed by atoms with Crippen LogP contribution in [0.4, 0.5) is 0 Å². The number of benzene rings is 3. The molecule has 0 saturated carbocycles. The summed E-state index contributed by atoms with van der Waals surface area (Å²) in [7, 11) is -4.15. The predicted octanol–water partition coefficient (Wildman–Crippen LogP) is 4.55. The molecule has 0 spiro atoms. The number of sulfonamides is 1. The zero-order valence-corrected chi connectivity index (χ0v) is 21.3. The first-order chi connectivity index (χ1) is 17.3. The smallest absolute Gasteiger partial charge is 0.287 e. The SMILES string of the molecule is O=C1C(NS(=O)(=O)c2ccc(Br)cc2)=C([n+]2cccc(Cc3ccccc3)c2)C(=O)c2ccccc21. The van der Waals surface area contributed by atoms with Gasteiger partial charge in [0.25, 0.3) is 21.5 Å². The van der Waals surface area contributed by atoms with E-state index in [1.807, 2.05) is 36.4 Å². The number of nitrogens with zero attached hydrogens (tertiary/aromatic N) is 1. The van der Waals surface area contributed by atoms with E-state index in [0.29, 0.717) is 10.9 Å². The fourth-order valence-electron chi connectivity index (χ4n) is 4.11. The molecular formula is C28H20BrN2O4S+. The van der Waals surface area contributed by atoms with Gasteiger partial charge in [-0.25, -0.2) is 8.42 Å². The molecule has 5 rings (SSSR count). The Morgan fingerprint density at radius 3 is 2.03 bits per heavy atom. The van der Waals surface area contributed by atoms with Crippen molar-refractivity contribution in [3.8, 4) is 0 Å². The summed E-state index contributed by atoms with van der Waals surface area (Å²) in [5.74, 6) is -1.01. The van der Waals surface area contributed by atoms with Crippen molar-refractivity contribution in [2.24, 2.45) is 0 Å². The zero-order valence-electron chi connectivity index (χ0n) is 18.9. The molecule has 1 aliphatic rings. The van der Waals surface area contributed by atoms with Crippen molar-refractivity contribution in [3.05, 3.63) is 136 Å². The largest absolute Gasteiger partial charge is 0.287 e. The average Bonchev–Trinajstić information content (AvgIpc) is 2.88. The van der Waals surface area contributed by atoms with Crippen LogP contribution in [-0.2, 0) is 16.4 Å². The number of carbonyl (C=O) groups is 2. The minimum Gasteiger partial charge on any atom is -0.287 e. The first-order valence-corrected chi connectivity index (χ1v) is 13.4. The van der Waals surface area contributed by atoms with Crippen LogP contribution < -0.4 is 9.29 Å². The van der Waals surface area contributed by atoms with E-state index in [0.717, 1.165) is 11.1 Å². The third-order valence-corrected chi connectivity index (χ3v) is 7.72. The topological polar surface area (TPSA) is 84.2 Å². The lowest BCUT2D eigenvalue weighted by molar-refractivity contribution is -0.577. The van der Waals surface area contributed by atoms with Gasteiger partial charge >= 0.3 is 0 Å². The van der Waals surface area contributed by atoms with Gasteiger partial charge in [-0.1, -0.05) is 70.5 Å². The minimum absolute atomic E-state index is 0.0283. The van der Waals surface area contributed by atoms with Gasteiger partial charge in [0.05, 0.1) is 4.90 Å². The molecule has 0 aliphatic heterocycles. The number of carbonyl (C=O) groups excluding carboxylic acids is 2. The van der Waals surface area contributed by atoms with Gasteiger partial charge in [-0.05, 0) is 35.9 Å². The van der Waals surface area contributed by atoms with Crippen LogP contribution in [0.1, 0.15) is 31.8 Å². The molecular weight excluding hydrogens is 540 g/mol. The molecule has 6 nitrogen and oxygen atoms in total. The van der Waals surface area contributed by atoms with Crippen molar-refractivity contribution in [1.29, 1.82) is 0 Å². The van der Waals surface area contributed by atoms with Crippen LogP contribution in [0, 0.1) is 0 Å². The normalized spacial score (nSPS) is 13.5. The first kappa shape index (κ1) is 23.8. The molecule has 1 aliphatic carbocycles. The van der Waals surface area contributed by atoms with Crippen LogP contribution in [0.25, 0.3) is 5.70 Å². The van der Waals surface area contributed by atoms with Crippen LogP contribution in [0.5, 0.6) is 0 Å². The van der Waals surface area contributed by atoms with Gasteiger partial charge in [0.15, 0.2) is 18.1 Å². The van der Waals surface area contributed by atoms with E-state index >= 15 is 0 Å². The number of hydrogen-bond donors (Lipinski definition) is 1. The number of hydrogen-bond acceptors (Lipinski definition) is 4. The molecule has 4 aromatic rings. The molecule has 1 aromatic heterocycles. The second-order valence-corrected chi connectivity index (χ2v) is 10.9. The van der Waals surface area contributed by atoms with Crippen LogP contribution >= 0.6 is 15.9 Å². The Bertz CT molecular complexity index is 1630. The highest BCUT2D eigenvalue weighted by atomic mass is 79.9. The van der Waals surface area contributed by atoms with E-state index in [4.69, 9.17) is 0 Å². The number of fused-ring (bicyclic) bond motifs is 1. The number of halogens is 1. The zero-order chi connectivity index (χ0) is 25.3. The first-order valence-electron chi connectivity index (χ1n) is 11.1. The molecule has 0 radical (unpaired) electrons. The summed E-state index contributed by atoms with van der Waals surface area (Å²) in [6, 6.07) is 26.0. The predicted molar refractivity (Wildman–Crippen MR) is 139 cm³/mol. The standard InChI is InChI=1S/C28H19BrN2O4S/c29-21-12-14-22(15-13-21)36(34,35)30-25-26(28(33)24-11-5-4-10-23(24)27(25)32)31-16-6-9-20(18-31)17-19-7-2-1-3-8-19/h1-16,18H,17H2/p+1. The van der Waals surface area contributed by atoms with Crippen molar-refractivity contribution >= 4 is 43.2 Å². The average molecular weight is 560 g/mol. The number of ketones is 2. The van der Waals surface area contributed by atoms with E-state index in [-0.39, 0.29) is 27.4 Å². The highest BCUT2D eigenvalue weighted by Crippen LogP contribution is 2.27. The van der Waals surface area contributed by atoms with Gasteiger partial charge in [-0.2, -0.15) is 4.57 Å². The summed E-state index contributed by atoms with van der Waals surface area (Å²) in [6.45, 7) is 0. The number of rotatable bonds is 6. The molecule has 1 N–H and O–H groups in total. The van der Waals surface area contributed by atoms with Gasteiger partial charge < -0.3 is 0 Å². The van der Waals surface area contributed by atoms with E-state index in [2.05, 4.69) is 20.7 Å². The second-order valence-electron chi connectivity index (χ2n) is 8.27. The van der Waals surface area contributed by atoms with Crippen LogP contribution in [0.2, 0.25) is 0 Å². The van der Waals surface area contributed by atoms with Crippen molar-refractivity contribution in [2.45, 2.75) is 11.3 Å². The number of aromatic nitrogens is 1. The van der Waals surface area contributed by atoms with Crippen LogP contribution in [-0.4, -0.2) is 20.0 Å². The van der Waals surface area contributed by atoms with Crippen LogP contribution in [0.15, 0.2) is 118 Å². The van der Waals surface area contributed by atoms with Crippen molar-refractivity contribution < 1.29 is 22.6 Å². The molecule has 0 unspecified atom stereocenters. The molecule has 3 aromatic carbocycles. The lowest BCUT2D eigenvalue weighted by Crippen LogP contribution is -2.44. The highest BCUT2D eigenvalue weighted by Gasteiger charge is 2.40. The second kappa shape index (κ2) is 9.64. The fourth-order valence-corrected chi connectivity index (χ4v) is 5.44. The summed E-state index contributed by atoms with van der Waals surface area (Å²) in [5.41, 5.74) is 2.02. The molecule has 8 heteroatoms. The molecule has 0 atom stereocenters. The Morgan fingerprint density at radius 2 is 1.33 bits per heavy atom. The maximum atomic E-state index is 13.6. The molecule has 36 heavy (non-hydrogen) atoms. The van der Waals surface area contributed by atoms with Crippen molar-refractivity contribution in [2.75, 3.05) is 0 Å². The molecule has 178 valence electrons. The Morgan fingerprint density at radius 1 is 0.722 bits per heavy atom. The monoisotopic (exact) mass is 559 g/mol. The summed E-state index contributed by atoms with van der Waals surface area (Å²) < 4.78 is 31.1. The van der Waals surface area contributed by atoms with Crippen molar-refractivity contribution in [1.82, 2.24) is 4.72 Å². The number of allylic oxidation sites excluding steroid dienone is 2. The number of pyridine rings is 1. The molecule has 0 bridgehead atoms. The third kappa shape index (κ3) is 4.65. The van der Waals surface area contributed by atoms with Gasteiger partial charge in [-0.15, -0.1) is 0 Å². The van der Waals surface area contributed by atoms with Crippen LogP contribution in [0.3, 0.4) is 0 Å². The number of Topliss-reactive ketones (excluding diaryl/α,β-unsaturated/α-hetero) is 2. The quantitative estimate of drug-likeness (QED) is 0.351. The molecule has 0 amide bonds. The maximum Gasteiger partial charge on any atom is 0.287 e. The summed E-state index contributed by atoms with van der Waals surface area (Å²) in [4.78, 5) is 27.1. The molecule has 0 saturated heterocycles. The summed E-state index contributed by atoms with van der Waals surface area (Å²) >= 11 is 3.29. The third-order valence-electron chi connectivity index (χ3n) is 5.83. The lowest BCUT2D eigenvalue weighted by Gasteiger charge is -2.18. The molecule has 1 heterocycles. The Kier molecular flexibility index (Phi) is 6.38. The Labute approximate surface area is 217 Å². The van der Waals surface area contributed by atoms with E-state index < -0.39 is 21.6 Å². The van der Waals surface area contributed by atoms with Gasteiger partial charge in [0.2, 0.25) is 5.78 Å². The van der Waals surface area contributed by atoms with Gasteiger partial charge in [0, 0.05) is 33.7 Å². The Balaban J connectivity index is 1.64. The fraction of sp³-hybridized carbons (Fsp3) is 0.0357. The molecule has 0 fully saturated rings. The van der Waals surface area contributed by atoms with Crippen molar-refractivity contribution in [3.63, 3.8) is 0 Å². The van der Waals surface area contributed by atoms with Gasteiger partial charge in [0.1, 0.15) is 0 Å². The Hall–Kier alpha value is -3.88. The summed E-state index contributed by atoms with van der Waals surface area (Å²) in [6.07, 6.45) is 3.99. The van der Waals surface area contributed by atoms with E-state index in [9.17, 15) is 18.0 Å². The van der Waals surface area contributed by atoms with E-state index in [1.165, 1.54) is 22.8 Å². The summed E-state index contributed by atoms with van der Waals surface area (Å²) in [5, 5.41) is 0.